The fourth-order valence-corrected chi connectivity index (χ4v) is 1.92. The van der Waals surface area contributed by atoms with Crippen molar-refractivity contribution in [3.63, 3.8) is 0 Å². The molecule has 0 atom stereocenters. The second kappa shape index (κ2) is 4.33. The van der Waals surface area contributed by atoms with Crippen LogP contribution in [0.5, 0.6) is 0 Å². The quantitative estimate of drug-likeness (QED) is 0.703. The summed E-state index contributed by atoms with van der Waals surface area (Å²) < 4.78 is 0. The lowest BCUT2D eigenvalue weighted by Gasteiger charge is -2.19. The lowest BCUT2D eigenvalue weighted by molar-refractivity contribution is 0.590. The summed E-state index contributed by atoms with van der Waals surface area (Å²) in [5, 5.41) is 0. The van der Waals surface area contributed by atoms with E-state index < -0.39 is 0 Å². The second-order valence-corrected chi connectivity index (χ2v) is 5.52. The normalized spacial score (nSPS) is 11.5. The van der Waals surface area contributed by atoms with Gasteiger partial charge in [-0.1, -0.05) is 45.0 Å². The fraction of sp³-hybridized carbons (Fsp3) is 0.312. The third-order valence-electron chi connectivity index (χ3n) is 3.10. The highest BCUT2D eigenvalue weighted by Crippen LogP contribution is 2.27. The Bertz CT molecular complexity index is 504. The molecule has 0 aliphatic heterocycles. The Kier molecular flexibility index (Phi) is 3.01. The minimum atomic E-state index is 0.211. The van der Waals surface area contributed by atoms with E-state index >= 15 is 0 Å². The van der Waals surface area contributed by atoms with Crippen LogP contribution in [0.2, 0.25) is 0 Å². The molecule has 0 unspecified atom stereocenters. The van der Waals surface area contributed by atoms with Crippen LogP contribution < -0.4 is 0 Å². The van der Waals surface area contributed by atoms with Gasteiger partial charge < -0.3 is 0 Å². The Morgan fingerprint density at radius 1 is 0.941 bits per heavy atom. The Hall–Kier alpha value is -1.63. The molecule has 1 heteroatoms. The molecule has 1 nitrogen and oxygen atoms in total. The van der Waals surface area contributed by atoms with Crippen LogP contribution in [0.3, 0.4) is 0 Å². The highest BCUT2D eigenvalue weighted by atomic mass is 14.6. The maximum Gasteiger partial charge on any atom is 0.0349 e. The fourth-order valence-electron chi connectivity index (χ4n) is 1.92. The molecule has 1 aromatic carbocycles. The van der Waals surface area contributed by atoms with E-state index in [2.05, 4.69) is 56.9 Å². The van der Waals surface area contributed by atoms with Gasteiger partial charge in [-0.25, -0.2) is 0 Å². The van der Waals surface area contributed by atoms with E-state index in [0.29, 0.717) is 0 Å². The van der Waals surface area contributed by atoms with Gasteiger partial charge in [-0.2, -0.15) is 0 Å². The SMILES string of the molecule is Cc1ccncc1-c1ccc(C(C)(C)C)cc1. The van der Waals surface area contributed by atoms with Crippen LogP contribution in [-0.2, 0) is 5.41 Å². The zero-order chi connectivity index (χ0) is 12.5. The van der Waals surface area contributed by atoms with E-state index in [0.717, 1.165) is 0 Å². The van der Waals surface area contributed by atoms with Crippen LogP contribution in [0.25, 0.3) is 11.1 Å². The van der Waals surface area contributed by atoms with Crippen molar-refractivity contribution in [2.24, 2.45) is 0 Å². The topological polar surface area (TPSA) is 12.9 Å². The summed E-state index contributed by atoms with van der Waals surface area (Å²) in [6.45, 7) is 8.82. The summed E-state index contributed by atoms with van der Waals surface area (Å²) >= 11 is 0. The maximum atomic E-state index is 4.19. The van der Waals surface area contributed by atoms with E-state index in [-0.39, 0.29) is 5.41 Å². The first-order valence-corrected chi connectivity index (χ1v) is 6.00. The summed E-state index contributed by atoms with van der Waals surface area (Å²) in [4.78, 5) is 4.19. The lowest BCUT2D eigenvalue weighted by Crippen LogP contribution is -2.10. The van der Waals surface area contributed by atoms with Gasteiger partial charge >= 0.3 is 0 Å². The highest BCUT2D eigenvalue weighted by Gasteiger charge is 2.13. The molecule has 0 aliphatic carbocycles. The van der Waals surface area contributed by atoms with E-state index in [1.807, 2.05) is 18.5 Å². The van der Waals surface area contributed by atoms with Crippen LogP contribution >= 0.6 is 0 Å². The van der Waals surface area contributed by atoms with E-state index in [1.54, 1.807) is 0 Å². The summed E-state index contributed by atoms with van der Waals surface area (Å²) in [6.07, 6.45) is 3.77. The lowest BCUT2D eigenvalue weighted by atomic mass is 9.86. The first-order chi connectivity index (χ1) is 7.98. The molecule has 0 spiro atoms. The van der Waals surface area contributed by atoms with Crippen molar-refractivity contribution in [1.82, 2.24) is 4.98 Å². The molecule has 0 fully saturated rings. The molecule has 0 radical (unpaired) electrons. The molecule has 2 aromatic rings. The van der Waals surface area contributed by atoms with Gasteiger partial charge in [-0.05, 0) is 35.1 Å². The van der Waals surface area contributed by atoms with Crippen LogP contribution in [0, 0.1) is 6.92 Å². The molecule has 2 rings (SSSR count). The standard InChI is InChI=1S/C16H19N/c1-12-9-10-17-11-15(12)13-5-7-14(8-6-13)16(2,3)4/h5-11H,1-4H3. The number of benzene rings is 1. The number of nitrogens with zero attached hydrogens (tertiary/aromatic N) is 1. The van der Waals surface area contributed by atoms with Crippen LogP contribution in [0.15, 0.2) is 42.7 Å². The summed E-state index contributed by atoms with van der Waals surface area (Å²) in [5.41, 5.74) is 5.30. The molecule has 88 valence electrons. The monoisotopic (exact) mass is 225 g/mol. The predicted molar refractivity (Wildman–Crippen MR) is 73.1 cm³/mol. The number of pyridine rings is 1. The van der Waals surface area contributed by atoms with Crippen molar-refractivity contribution in [2.75, 3.05) is 0 Å². The number of aryl methyl sites for hydroxylation is 1. The van der Waals surface area contributed by atoms with Gasteiger partial charge in [0.15, 0.2) is 0 Å². The number of aromatic nitrogens is 1. The molecule has 1 heterocycles. The number of rotatable bonds is 1. The molecule has 0 bridgehead atoms. The Labute approximate surface area is 104 Å². The highest BCUT2D eigenvalue weighted by molar-refractivity contribution is 5.66. The van der Waals surface area contributed by atoms with Crippen molar-refractivity contribution in [3.05, 3.63) is 53.9 Å². The van der Waals surface area contributed by atoms with Gasteiger partial charge in [0, 0.05) is 18.0 Å². The first-order valence-electron chi connectivity index (χ1n) is 6.00. The minimum Gasteiger partial charge on any atom is -0.264 e. The number of hydrogen-bond acceptors (Lipinski definition) is 1. The average molecular weight is 225 g/mol. The largest absolute Gasteiger partial charge is 0.264 e. The van der Waals surface area contributed by atoms with Crippen molar-refractivity contribution in [3.8, 4) is 11.1 Å². The van der Waals surface area contributed by atoms with Crippen molar-refractivity contribution in [1.29, 1.82) is 0 Å². The predicted octanol–water partition coefficient (Wildman–Crippen LogP) is 4.35. The van der Waals surface area contributed by atoms with Gasteiger partial charge in [-0.3, -0.25) is 4.98 Å². The molecular weight excluding hydrogens is 206 g/mol. The van der Waals surface area contributed by atoms with E-state index in [9.17, 15) is 0 Å². The van der Waals surface area contributed by atoms with Gasteiger partial charge in [0.25, 0.3) is 0 Å². The minimum absolute atomic E-state index is 0.211. The molecule has 1 aromatic heterocycles. The third kappa shape index (κ3) is 2.55. The molecule has 0 aliphatic rings. The maximum absolute atomic E-state index is 4.19. The Morgan fingerprint density at radius 2 is 1.59 bits per heavy atom. The van der Waals surface area contributed by atoms with Crippen molar-refractivity contribution < 1.29 is 0 Å². The van der Waals surface area contributed by atoms with Crippen LogP contribution in [-0.4, -0.2) is 4.98 Å². The Morgan fingerprint density at radius 3 is 2.12 bits per heavy atom. The summed E-state index contributed by atoms with van der Waals surface area (Å²) in [5.74, 6) is 0. The van der Waals surface area contributed by atoms with Gasteiger partial charge in [0.1, 0.15) is 0 Å². The second-order valence-electron chi connectivity index (χ2n) is 5.52. The average Bonchev–Trinajstić information content (AvgIpc) is 2.29. The molecule has 0 saturated carbocycles. The van der Waals surface area contributed by atoms with Crippen LogP contribution in [0.1, 0.15) is 31.9 Å². The molecule has 0 saturated heterocycles. The summed E-state index contributed by atoms with van der Waals surface area (Å²) in [6, 6.07) is 10.8. The summed E-state index contributed by atoms with van der Waals surface area (Å²) in [7, 11) is 0. The van der Waals surface area contributed by atoms with Gasteiger partial charge in [0.05, 0.1) is 0 Å². The van der Waals surface area contributed by atoms with E-state index in [1.165, 1.54) is 22.3 Å². The molecule has 0 N–H and O–H groups in total. The molecule has 0 amide bonds. The molecular formula is C16H19N. The van der Waals surface area contributed by atoms with Gasteiger partial charge in [-0.15, -0.1) is 0 Å². The first kappa shape index (κ1) is 11.8. The number of hydrogen-bond donors (Lipinski definition) is 0. The Balaban J connectivity index is 2.40. The molecule has 17 heavy (non-hydrogen) atoms. The van der Waals surface area contributed by atoms with Gasteiger partial charge in [0.2, 0.25) is 0 Å². The van der Waals surface area contributed by atoms with Crippen molar-refractivity contribution >= 4 is 0 Å². The zero-order valence-corrected chi connectivity index (χ0v) is 11.0. The van der Waals surface area contributed by atoms with Crippen molar-refractivity contribution in [2.45, 2.75) is 33.1 Å². The van der Waals surface area contributed by atoms with E-state index in [4.69, 9.17) is 0 Å². The smallest absolute Gasteiger partial charge is 0.0349 e. The zero-order valence-electron chi connectivity index (χ0n) is 11.0. The van der Waals surface area contributed by atoms with Crippen LogP contribution in [0.4, 0.5) is 0 Å². The third-order valence-corrected chi connectivity index (χ3v) is 3.10.